The molecule has 130 valence electrons. The van der Waals surface area contributed by atoms with Crippen LogP contribution >= 0.6 is 0 Å². The van der Waals surface area contributed by atoms with Gasteiger partial charge in [-0.15, -0.1) is 0 Å². The molecule has 1 atom stereocenters. The van der Waals surface area contributed by atoms with E-state index in [0.717, 1.165) is 28.6 Å². The number of imidazole rings is 1. The number of fused-ring (bicyclic) bond motifs is 2. The average Bonchev–Trinajstić information content (AvgIpc) is 3.15. The van der Waals surface area contributed by atoms with Crippen LogP contribution in [-0.4, -0.2) is 44.7 Å². The zero-order chi connectivity index (χ0) is 17.6. The number of carbonyl (C=O) groups is 1. The lowest BCUT2D eigenvalue weighted by atomic mass is 10.0. The Hall–Kier alpha value is -2.60. The summed E-state index contributed by atoms with van der Waals surface area (Å²) >= 11 is 0. The summed E-state index contributed by atoms with van der Waals surface area (Å²) in [5.74, 6) is 0.0372. The second kappa shape index (κ2) is 6.04. The molecular formula is C19H22N4O2. The molecule has 0 aliphatic carbocycles. The molecule has 6 nitrogen and oxygen atoms in total. The molecule has 6 heteroatoms. The minimum Gasteiger partial charge on any atom is -0.383 e. The lowest BCUT2D eigenvalue weighted by molar-refractivity contribution is 0.0469. The van der Waals surface area contributed by atoms with Gasteiger partial charge in [-0.3, -0.25) is 4.79 Å². The monoisotopic (exact) mass is 338 g/mol. The quantitative estimate of drug-likeness (QED) is 0.735. The van der Waals surface area contributed by atoms with Crippen LogP contribution in [0.3, 0.4) is 0 Å². The van der Waals surface area contributed by atoms with Crippen molar-refractivity contribution in [3.05, 3.63) is 53.7 Å². The van der Waals surface area contributed by atoms with Crippen molar-refractivity contribution >= 4 is 16.8 Å². The highest BCUT2D eigenvalue weighted by Gasteiger charge is 2.33. The SMILES string of the molecule is COC[C@H]1Cc2c(ncn2C)CN1C(=O)c1cn(C)c2ccccc12. The van der Waals surface area contributed by atoms with Crippen LogP contribution in [-0.2, 0) is 31.8 Å². The molecule has 2 aromatic heterocycles. The van der Waals surface area contributed by atoms with Gasteiger partial charge in [-0.1, -0.05) is 18.2 Å². The third-order valence-electron chi connectivity index (χ3n) is 5.08. The van der Waals surface area contributed by atoms with E-state index < -0.39 is 0 Å². The Morgan fingerprint density at radius 1 is 1.28 bits per heavy atom. The Labute approximate surface area is 146 Å². The van der Waals surface area contributed by atoms with E-state index in [2.05, 4.69) is 4.98 Å². The zero-order valence-electron chi connectivity index (χ0n) is 14.8. The molecule has 3 aromatic rings. The van der Waals surface area contributed by atoms with Gasteiger partial charge in [0.15, 0.2) is 0 Å². The summed E-state index contributed by atoms with van der Waals surface area (Å²) in [4.78, 5) is 19.7. The second-order valence-corrected chi connectivity index (χ2v) is 6.67. The van der Waals surface area contributed by atoms with Gasteiger partial charge in [0, 0.05) is 50.4 Å². The van der Waals surface area contributed by atoms with E-state index >= 15 is 0 Å². The first-order valence-electron chi connectivity index (χ1n) is 8.43. The third kappa shape index (κ3) is 2.53. The smallest absolute Gasteiger partial charge is 0.256 e. The summed E-state index contributed by atoms with van der Waals surface area (Å²) in [6.45, 7) is 1.04. The Morgan fingerprint density at radius 2 is 2.08 bits per heavy atom. The van der Waals surface area contributed by atoms with E-state index in [1.807, 2.05) is 64.9 Å². The van der Waals surface area contributed by atoms with Gasteiger partial charge in [-0.2, -0.15) is 0 Å². The fraction of sp³-hybridized carbons (Fsp3) is 0.368. The lowest BCUT2D eigenvalue weighted by Crippen LogP contribution is -2.47. The van der Waals surface area contributed by atoms with Gasteiger partial charge in [0.1, 0.15) is 0 Å². The summed E-state index contributed by atoms with van der Waals surface area (Å²) in [5, 5.41) is 0.984. The van der Waals surface area contributed by atoms with E-state index in [1.54, 1.807) is 7.11 Å². The summed E-state index contributed by atoms with van der Waals surface area (Å²) in [7, 11) is 5.65. The van der Waals surface area contributed by atoms with Crippen molar-refractivity contribution in [3.63, 3.8) is 0 Å². The maximum atomic E-state index is 13.4. The number of hydrogen-bond acceptors (Lipinski definition) is 3. The predicted octanol–water partition coefficient (Wildman–Crippen LogP) is 2.13. The van der Waals surface area contributed by atoms with Crippen LogP contribution in [0, 0.1) is 0 Å². The zero-order valence-corrected chi connectivity index (χ0v) is 14.8. The van der Waals surface area contributed by atoms with Crippen molar-refractivity contribution in [2.45, 2.75) is 19.0 Å². The van der Waals surface area contributed by atoms with E-state index in [1.165, 1.54) is 5.69 Å². The first-order chi connectivity index (χ1) is 12.1. The molecule has 25 heavy (non-hydrogen) atoms. The largest absolute Gasteiger partial charge is 0.383 e. The third-order valence-corrected chi connectivity index (χ3v) is 5.08. The first-order valence-corrected chi connectivity index (χ1v) is 8.43. The number of ether oxygens (including phenoxy) is 1. The summed E-state index contributed by atoms with van der Waals surface area (Å²) in [6.07, 6.45) is 4.50. The molecule has 0 spiro atoms. The lowest BCUT2D eigenvalue weighted by Gasteiger charge is -2.35. The van der Waals surface area contributed by atoms with Gasteiger partial charge in [0.05, 0.1) is 36.8 Å². The van der Waals surface area contributed by atoms with E-state index in [4.69, 9.17) is 4.74 Å². The van der Waals surface area contributed by atoms with E-state index in [9.17, 15) is 4.79 Å². The molecule has 1 aromatic carbocycles. The molecule has 0 unspecified atom stereocenters. The minimum atomic E-state index is 0.0133. The summed E-state index contributed by atoms with van der Waals surface area (Å²) in [6, 6.07) is 8.01. The van der Waals surface area contributed by atoms with Gasteiger partial charge < -0.3 is 18.8 Å². The number of carbonyl (C=O) groups excluding carboxylic acids is 1. The molecule has 0 saturated carbocycles. The number of benzene rings is 1. The van der Waals surface area contributed by atoms with Crippen molar-refractivity contribution in [2.24, 2.45) is 14.1 Å². The Morgan fingerprint density at radius 3 is 2.88 bits per heavy atom. The Bertz CT molecular complexity index is 940. The number of para-hydroxylation sites is 1. The van der Waals surface area contributed by atoms with Gasteiger partial charge in [-0.05, 0) is 6.07 Å². The minimum absolute atomic E-state index is 0.0133. The average molecular weight is 338 g/mol. The second-order valence-electron chi connectivity index (χ2n) is 6.67. The summed E-state index contributed by atoms with van der Waals surface area (Å²) in [5.41, 5.74) is 3.95. The first kappa shape index (κ1) is 15.9. The highest BCUT2D eigenvalue weighted by Crippen LogP contribution is 2.27. The fourth-order valence-electron chi connectivity index (χ4n) is 3.77. The molecule has 0 bridgehead atoms. The topological polar surface area (TPSA) is 52.3 Å². The number of aromatic nitrogens is 3. The predicted molar refractivity (Wildman–Crippen MR) is 95.4 cm³/mol. The molecule has 0 fully saturated rings. The normalized spacial score (nSPS) is 17.1. The molecule has 0 N–H and O–H groups in total. The van der Waals surface area contributed by atoms with Crippen molar-refractivity contribution in [1.29, 1.82) is 0 Å². The van der Waals surface area contributed by atoms with Gasteiger partial charge in [-0.25, -0.2) is 4.98 Å². The van der Waals surface area contributed by atoms with Crippen molar-refractivity contribution < 1.29 is 9.53 Å². The van der Waals surface area contributed by atoms with Crippen LogP contribution in [0.15, 0.2) is 36.8 Å². The summed E-state index contributed by atoms with van der Waals surface area (Å²) < 4.78 is 9.44. The van der Waals surface area contributed by atoms with E-state index in [0.29, 0.717) is 13.2 Å². The fourth-order valence-corrected chi connectivity index (χ4v) is 3.77. The Kier molecular flexibility index (Phi) is 3.84. The molecule has 1 aliphatic rings. The molecule has 1 aliphatic heterocycles. The number of amides is 1. The molecule has 4 rings (SSSR count). The van der Waals surface area contributed by atoms with Crippen LogP contribution < -0.4 is 0 Å². The maximum absolute atomic E-state index is 13.4. The number of aryl methyl sites for hydroxylation is 2. The van der Waals surface area contributed by atoms with Crippen LogP contribution in [0.2, 0.25) is 0 Å². The number of hydrogen-bond donors (Lipinski definition) is 0. The van der Waals surface area contributed by atoms with Gasteiger partial charge in [0.2, 0.25) is 0 Å². The molecule has 0 saturated heterocycles. The van der Waals surface area contributed by atoms with Crippen molar-refractivity contribution in [2.75, 3.05) is 13.7 Å². The van der Waals surface area contributed by atoms with E-state index in [-0.39, 0.29) is 11.9 Å². The Balaban J connectivity index is 1.74. The maximum Gasteiger partial charge on any atom is 0.256 e. The van der Waals surface area contributed by atoms with Crippen molar-refractivity contribution in [1.82, 2.24) is 19.0 Å². The standard InChI is InChI=1S/C19H22N4O2/c1-21-9-15(14-6-4-5-7-17(14)21)19(24)23-10-16-18(22(2)12-20-16)8-13(23)11-25-3/h4-7,9,12-13H,8,10-11H2,1-3H3/t13-/m1/s1. The van der Waals surface area contributed by atoms with Crippen LogP contribution in [0.5, 0.6) is 0 Å². The van der Waals surface area contributed by atoms with Gasteiger partial charge >= 0.3 is 0 Å². The molecule has 1 amide bonds. The highest BCUT2D eigenvalue weighted by atomic mass is 16.5. The van der Waals surface area contributed by atoms with Gasteiger partial charge in [0.25, 0.3) is 5.91 Å². The number of methoxy groups -OCH3 is 1. The molecular weight excluding hydrogens is 316 g/mol. The molecule has 0 radical (unpaired) electrons. The molecule has 3 heterocycles. The van der Waals surface area contributed by atoms with Crippen LogP contribution in [0.1, 0.15) is 21.7 Å². The highest BCUT2D eigenvalue weighted by molar-refractivity contribution is 6.07. The van der Waals surface area contributed by atoms with Crippen LogP contribution in [0.25, 0.3) is 10.9 Å². The van der Waals surface area contributed by atoms with Crippen LogP contribution in [0.4, 0.5) is 0 Å². The van der Waals surface area contributed by atoms with Crippen molar-refractivity contribution in [3.8, 4) is 0 Å². The number of nitrogens with zero attached hydrogens (tertiary/aromatic N) is 4. The number of rotatable bonds is 3.